The number of hydrogen-bond acceptors (Lipinski definition) is 3. The number of fused-ring (bicyclic) bond motifs is 1. The van der Waals surface area contributed by atoms with Gasteiger partial charge in [0.1, 0.15) is 11.5 Å². The topological polar surface area (TPSA) is 62.3 Å². The summed E-state index contributed by atoms with van der Waals surface area (Å²) in [5.41, 5.74) is 0.998. The van der Waals surface area contributed by atoms with Gasteiger partial charge in [0.05, 0.1) is 17.7 Å². The maximum Gasteiger partial charge on any atom is 0.260 e. The number of ether oxygens (including phenoxy) is 1. The maximum atomic E-state index is 12.3. The zero-order valence-corrected chi connectivity index (χ0v) is 12.6. The van der Waals surface area contributed by atoms with E-state index < -0.39 is 0 Å². The number of pyridine rings is 1. The molecule has 0 atom stereocenters. The van der Waals surface area contributed by atoms with Crippen molar-refractivity contribution in [1.82, 2.24) is 4.98 Å². The van der Waals surface area contributed by atoms with Crippen LogP contribution in [0.25, 0.3) is 22.0 Å². The summed E-state index contributed by atoms with van der Waals surface area (Å²) in [6.07, 6.45) is 0. The molecule has 1 heterocycles. The summed E-state index contributed by atoms with van der Waals surface area (Å²) < 4.78 is 5.38. The summed E-state index contributed by atoms with van der Waals surface area (Å²) in [5.74, 6) is 0.661. The van der Waals surface area contributed by atoms with Gasteiger partial charge in [-0.15, -0.1) is 0 Å². The predicted molar refractivity (Wildman–Crippen MR) is 87.8 cm³/mol. The lowest BCUT2D eigenvalue weighted by Gasteiger charge is -2.09. The van der Waals surface area contributed by atoms with Crippen molar-refractivity contribution in [3.8, 4) is 22.6 Å². The van der Waals surface area contributed by atoms with E-state index in [-0.39, 0.29) is 16.9 Å². The Morgan fingerprint density at radius 2 is 1.91 bits per heavy atom. The third-order valence-electron chi connectivity index (χ3n) is 3.40. The molecule has 0 aliphatic carbocycles. The molecule has 22 heavy (non-hydrogen) atoms. The fourth-order valence-electron chi connectivity index (χ4n) is 2.41. The molecule has 0 fully saturated rings. The Kier molecular flexibility index (Phi) is 3.77. The fourth-order valence-corrected chi connectivity index (χ4v) is 2.58. The van der Waals surface area contributed by atoms with Gasteiger partial charge in [-0.25, -0.2) is 0 Å². The Hall–Kier alpha value is -2.46. The molecule has 0 bridgehead atoms. The van der Waals surface area contributed by atoms with Gasteiger partial charge in [-0.3, -0.25) is 4.79 Å². The molecule has 3 aromatic rings. The van der Waals surface area contributed by atoms with E-state index in [1.807, 2.05) is 6.92 Å². The monoisotopic (exact) mass is 315 g/mol. The van der Waals surface area contributed by atoms with Gasteiger partial charge in [-0.2, -0.15) is 0 Å². The van der Waals surface area contributed by atoms with Crippen molar-refractivity contribution in [3.05, 3.63) is 57.8 Å². The van der Waals surface area contributed by atoms with Gasteiger partial charge in [-0.05, 0) is 42.8 Å². The van der Waals surface area contributed by atoms with Crippen LogP contribution in [0.15, 0.2) is 47.3 Å². The molecule has 0 aliphatic rings. The van der Waals surface area contributed by atoms with E-state index >= 15 is 0 Å². The van der Waals surface area contributed by atoms with E-state index in [1.54, 1.807) is 42.5 Å². The molecule has 5 heteroatoms. The van der Waals surface area contributed by atoms with Crippen LogP contribution in [0.1, 0.15) is 6.92 Å². The van der Waals surface area contributed by atoms with Crippen LogP contribution in [0.4, 0.5) is 0 Å². The van der Waals surface area contributed by atoms with Crippen molar-refractivity contribution >= 4 is 22.5 Å². The number of halogens is 1. The fraction of sp³-hybridized carbons (Fsp3) is 0.118. The minimum absolute atomic E-state index is 0.0559. The first-order valence-corrected chi connectivity index (χ1v) is 7.25. The van der Waals surface area contributed by atoms with E-state index in [0.29, 0.717) is 28.1 Å². The van der Waals surface area contributed by atoms with E-state index in [0.717, 1.165) is 5.75 Å². The van der Waals surface area contributed by atoms with Crippen molar-refractivity contribution in [3.63, 3.8) is 0 Å². The van der Waals surface area contributed by atoms with Gasteiger partial charge in [0.25, 0.3) is 5.56 Å². The molecule has 0 saturated heterocycles. The molecule has 0 unspecified atom stereocenters. The Bertz CT molecular complexity index is 885. The molecular weight excluding hydrogens is 302 g/mol. The number of nitrogens with one attached hydrogen (secondary N) is 1. The van der Waals surface area contributed by atoms with Crippen LogP contribution >= 0.6 is 11.6 Å². The molecule has 0 radical (unpaired) electrons. The summed E-state index contributed by atoms with van der Waals surface area (Å²) in [6.45, 7) is 2.47. The average molecular weight is 316 g/mol. The van der Waals surface area contributed by atoms with E-state index in [1.165, 1.54) is 0 Å². The standard InChI is InChI=1S/C17H14ClNO3/c1-2-22-12-6-3-10(4-7-12)15-16(20)13-8-5-11(18)9-14(13)19-17(15)21/h3-9H,2H2,1H3,(H2,19,20,21). The molecule has 0 spiro atoms. The van der Waals surface area contributed by atoms with Crippen LogP contribution in [-0.4, -0.2) is 16.7 Å². The molecule has 2 aromatic carbocycles. The number of aromatic hydroxyl groups is 1. The SMILES string of the molecule is CCOc1ccc(-c2c(O)c3ccc(Cl)cc3[nH]c2=O)cc1. The van der Waals surface area contributed by atoms with Crippen molar-refractivity contribution in [2.75, 3.05) is 6.61 Å². The lowest BCUT2D eigenvalue weighted by atomic mass is 10.0. The van der Waals surface area contributed by atoms with Crippen LogP contribution in [-0.2, 0) is 0 Å². The predicted octanol–water partition coefficient (Wildman–Crippen LogP) is 3.95. The van der Waals surface area contributed by atoms with Crippen LogP contribution in [0.3, 0.4) is 0 Å². The van der Waals surface area contributed by atoms with E-state index in [9.17, 15) is 9.90 Å². The molecule has 0 aliphatic heterocycles. The van der Waals surface area contributed by atoms with Gasteiger partial charge in [-0.1, -0.05) is 23.7 Å². The Balaban J connectivity index is 2.18. The Labute approximate surface area is 131 Å². The summed E-state index contributed by atoms with van der Waals surface area (Å²) >= 11 is 5.91. The largest absolute Gasteiger partial charge is 0.506 e. The molecule has 2 N–H and O–H groups in total. The highest BCUT2D eigenvalue weighted by Gasteiger charge is 2.14. The number of rotatable bonds is 3. The van der Waals surface area contributed by atoms with Crippen LogP contribution in [0, 0.1) is 0 Å². The third kappa shape index (κ3) is 2.53. The minimum Gasteiger partial charge on any atom is -0.506 e. The van der Waals surface area contributed by atoms with Crippen LogP contribution in [0.5, 0.6) is 11.5 Å². The molecule has 4 nitrogen and oxygen atoms in total. The summed E-state index contributed by atoms with van der Waals surface area (Å²) in [4.78, 5) is 15.0. The van der Waals surface area contributed by atoms with Gasteiger partial charge in [0, 0.05) is 10.4 Å². The highest BCUT2D eigenvalue weighted by molar-refractivity contribution is 6.31. The summed E-state index contributed by atoms with van der Waals surface area (Å²) in [6, 6.07) is 12.0. The van der Waals surface area contributed by atoms with Gasteiger partial charge in [0.15, 0.2) is 0 Å². The van der Waals surface area contributed by atoms with Gasteiger partial charge < -0.3 is 14.8 Å². The van der Waals surface area contributed by atoms with E-state index in [2.05, 4.69) is 4.98 Å². The smallest absolute Gasteiger partial charge is 0.260 e. The quantitative estimate of drug-likeness (QED) is 0.769. The molecule has 1 aromatic heterocycles. The molecular formula is C17H14ClNO3. The first-order chi connectivity index (χ1) is 10.6. The van der Waals surface area contributed by atoms with Gasteiger partial charge in [0.2, 0.25) is 0 Å². The second-order valence-corrected chi connectivity index (χ2v) is 5.26. The maximum absolute atomic E-state index is 12.3. The normalized spacial score (nSPS) is 10.8. The lowest BCUT2D eigenvalue weighted by molar-refractivity contribution is 0.340. The summed E-state index contributed by atoms with van der Waals surface area (Å²) in [7, 11) is 0. The number of aromatic nitrogens is 1. The van der Waals surface area contributed by atoms with Crippen molar-refractivity contribution in [2.24, 2.45) is 0 Å². The zero-order chi connectivity index (χ0) is 15.7. The molecule has 0 amide bonds. The Morgan fingerprint density at radius 3 is 2.59 bits per heavy atom. The highest BCUT2D eigenvalue weighted by Crippen LogP contribution is 2.33. The highest BCUT2D eigenvalue weighted by atomic mass is 35.5. The first kappa shape index (κ1) is 14.5. The average Bonchev–Trinajstić information content (AvgIpc) is 2.49. The zero-order valence-electron chi connectivity index (χ0n) is 11.9. The summed E-state index contributed by atoms with van der Waals surface area (Å²) in [5, 5.41) is 11.5. The molecule has 0 saturated carbocycles. The Morgan fingerprint density at radius 1 is 1.18 bits per heavy atom. The van der Waals surface area contributed by atoms with Crippen LogP contribution in [0.2, 0.25) is 5.02 Å². The van der Waals surface area contributed by atoms with E-state index in [4.69, 9.17) is 16.3 Å². The minimum atomic E-state index is -0.364. The van der Waals surface area contributed by atoms with Crippen LogP contribution < -0.4 is 10.3 Å². The number of hydrogen-bond donors (Lipinski definition) is 2. The second-order valence-electron chi connectivity index (χ2n) is 4.83. The lowest BCUT2D eigenvalue weighted by Crippen LogP contribution is -2.09. The number of aromatic amines is 1. The number of benzene rings is 2. The molecule has 3 rings (SSSR count). The van der Waals surface area contributed by atoms with Crippen molar-refractivity contribution < 1.29 is 9.84 Å². The van der Waals surface area contributed by atoms with Crippen molar-refractivity contribution in [2.45, 2.75) is 6.92 Å². The number of H-pyrrole nitrogens is 1. The van der Waals surface area contributed by atoms with Crippen molar-refractivity contribution in [1.29, 1.82) is 0 Å². The van der Waals surface area contributed by atoms with Gasteiger partial charge >= 0.3 is 0 Å². The molecule has 112 valence electrons. The third-order valence-corrected chi connectivity index (χ3v) is 3.64. The second kappa shape index (κ2) is 5.73. The first-order valence-electron chi connectivity index (χ1n) is 6.88.